The fourth-order valence-electron chi connectivity index (χ4n) is 1.49. The van der Waals surface area contributed by atoms with Crippen LogP contribution in [0.1, 0.15) is 6.92 Å². The number of carbonyl (C=O) groups excluding carboxylic acids is 1. The summed E-state index contributed by atoms with van der Waals surface area (Å²) in [4.78, 5) is 15.0. The second-order valence-electron chi connectivity index (χ2n) is 3.62. The van der Waals surface area contributed by atoms with Crippen LogP contribution in [0.4, 0.5) is 10.1 Å². The highest BCUT2D eigenvalue weighted by atomic mass is 19.1. The predicted molar refractivity (Wildman–Crippen MR) is 63.9 cm³/mol. The molecular weight excluding hydrogens is 219 g/mol. The van der Waals surface area contributed by atoms with Crippen LogP contribution >= 0.6 is 0 Å². The average Bonchev–Trinajstić information content (AvgIpc) is 2.29. The average molecular weight is 230 g/mol. The number of aromatic nitrogens is 1. The number of carbonyl (C=O) groups is 1. The monoisotopic (exact) mass is 230 g/mol. The van der Waals surface area contributed by atoms with Gasteiger partial charge in [0.25, 0.3) is 0 Å². The van der Waals surface area contributed by atoms with Crippen molar-refractivity contribution in [3.8, 4) is 11.3 Å². The number of nitrogens with one attached hydrogen (secondary N) is 1. The number of anilines is 1. The number of benzene rings is 1. The molecule has 0 aliphatic rings. The first-order chi connectivity index (χ1) is 8.15. The third-order valence-corrected chi connectivity index (χ3v) is 2.20. The lowest BCUT2D eigenvalue weighted by molar-refractivity contribution is -0.114. The van der Waals surface area contributed by atoms with Gasteiger partial charge in [0.05, 0.1) is 17.6 Å². The summed E-state index contributed by atoms with van der Waals surface area (Å²) >= 11 is 0. The normalized spacial score (nSPS) is 10.0. The van der Waals surface area contributed by atoms with Crippen LogP contribution in [0, 0.1) is 5.82 Å². The largest absolute Gasteiger partial charge is 0.325 e. The van der Waals surface area contributed by atoms with Crippen molar-refractivity contribution in [3.63, 3.8) is 0 Å². The minimum atomic E-state index is -0.296. The van der Waals surface area contributed by atoms with E-state index in [1.165, 1.54) is 19.1 Å². The van der Waals surface area contributed by atoms with Gasteiger partial charge >= 0.3 is 0 Å². The lowest BCUT2D eigenvalue weighted by atomic mass is 10.1. The molecule has 0 aliphatic heterocycles. The van der Waals surface area contributed by atoms with E-state index in [0.717, 1.165) is 0 Å². The van der Waals surface area contributed by atoms with Gasteiger partial charge in [0.2, 0.25) is 5.91 Å². The third-order valence-electron chi connectivity index (χ3n) is 2.20. The molecule has 0 bridgehead atoms. The van der Waals surface area contributed by atoms with E-state index < -0.39 is 0 Å². The maximum Gasteiger partial charge on any atom is 0.221 e. The van der Waals surface area contributed by atoms with Gasteiger partial charge in [0.15, 0.2) is 0 Å². The Bertz CT molecular complexity index is 537. The Hall–Kier alpha value is -2.23. The molecule has 1 N–H and O–H groups in total. The Morgan fingerprint density at radius 3 is 2.71 bits per heavy atom. The quantitative estimate of drug-likeness (QED) is 0.861. The van der Waals surface area contributed by atoms with Crippen molar-refractivity contribution >= 4 is 11.6 Å². The second-order valence-corrected chi connectivity index (χ2v) is 3.62. The van der Waals surface area contributed by atoms with E-state index in [9.17, 15) is 9.18 Å². The molecule has 1 aromatic carbocycles. The van der Waals surface area contributed by atoms with Crippen molar-refractivity contribution in [2.75, 3.05) is 5.32 Å². The molecule has 0 saturated carbocycles. The molecule has 0 spiro atoms. The molecule has 1 aromatic heterocycles. The molecule has 17 heavy (non-hydrogen) atoms. The standard InChI is InChI=1S/C13H11FN2O/c1-9(17)16-12-5-6-13(15-8-12)10-3-2-4-11(14)7-10/h2-8H,1H3,(H,16,17). The first-order valence-corrected chi connectivity index (χ1v) is 5.15. The molecule has 0 atom stereocenters. The Morgan fingerprint density at radius 2 is 2.12 bits per heavy atom. The van der Waals surface area contributed by atoms with Gasteiger partial charge in [-0.15, -0.1) is 0 Å². The van der Waals surface area contributed by atoms with Crippen molar-refractivity contribution in [3.05, 3.63) is 48.4 Å². The number of nitrogens with zero attached hydrogens (tertiary/aromatic N) is 1. The van der Waals surface area contributed by atoms with E-state index in [1.54, 1.807) is 30.5 Å². The number of hydrogen-bond acceptors (Lipinski definition) is 2. The Labute approximate surface area is 98.3 Å². The van der Waals surface area contributed by atoms with Crippen LogP contribution in [0.25, 0.3) is 11.3 Å². The van der Waals surface area contributed by atoms with Gasteiger partial charge < -0.3 is 5.32 Å². The molecule has 86 valence electrons. The molecule has 1 amide bonds. The van der Waals surface area contributed by atoms with E-state index in [0.29, 0.717) is 16.9 Å². The maximum absolute atomic E-state index is 13.0. The molecular formula is C13H11FN2O. The van der Waals surface area contributed by atoms with Gasteiger partial charge in [0, 0.05) is 12.5 Å². The summed E-state index contributed by atoms with van der Waals surface area (Å²) in [5.74, 6) is -0.444. The predicted octanol–water partition coefficient (Wildman–Crippen LogP) is 2.85. The Kier molecular flexibility index (Phi) is 3.14. The second kappa shape index (κ2) is 4.74. The van der Waals surface area contributed by atoms with Crippen LogP contribution in [0.3, 0.4) is 0 Å². The van der Waals surface area contributed by atoms with Crippen LogP contribution in [0.5, 0.6) is 0 Å². The maximum atomic E-state index is 13.0. The lowest BCUT2D eigenvalue weighted by Crippen LogP contribution is -2.05. The van der Waals surface area contributed by atoms with Crippen molar-refractivity contribution in [1.82, 2.24) is 4.98 Å². The zero-order valence-corrected chi connectivity index (χ0v) is 9.27. The Morgan fingerprint density at radius 1 is 1.29 bits per heavy atom. The molecule has 2 rings (SSSR count). The highest BCUT2D eigenvalue weighted by Gasteiger charge is 2.01. The van der Waals surface area contributed by atoms with Crippen LogP contribution in [-0.2, 0) is 4.79 Å². The Balaban J connectivity index is 2.26. The van der Waals surface area contributed by atoms with Gasteiger partial charge in [-0.25, -0.2) is 4.39 Å². The van der Waals surface area contributed by atoms with Crippen LogP contribution in [0.2, 0.25) is 0 Å². The zero-order valence-electron chi connectivity index (χ0n) is 9.27. The fourth-order valence-corrected chi connectivity index (χ4v) is 1.49. The molecule has 1 heterocycles. The van der Waals surface area contributed by atoms with Gasteiger partial charge in [-0.2, -0.15) is 0 Å². The first kappa shape index (κ1) is 11.3. The molecule has 2 aromatic rings. The summed E-state index contributed by atoms with van der Waals surface area (Å²) in [6.07, 6.45) is 1.54. The van der Waals surface area contributed by atoms with Gasteiger partial charge in [-0.3, -0.25) is 9.78 Å². The number of amides is 1. The van der Waals surface area contributed by atoms with Gasteiger partial charge in [-0.05, 0) is 24.3 Å². The van der Waals surface area contributed by atoms with Crippen molar-refractivity contribution < 1.29 is 9.18 Å². The summed E-state index contributed by atoms with van der Waals surface area (Å²) in [6, 6.07) is 9.68. The fraction of sp³-hybridized carbons (Fsp3) is 0.0769. The van der Waals surface area contributed by atoms with Crippen LogP contribution in [-0.4, -0.2) is 10.9 Å². The van der Waals surface area contributed by atoms with Crippen LogP contribution in [0.15, 0.2) is 42.6 Å². The summed E-state index contributed by atoms with van der Waals surface area (Å²) in [5.41, 5.74) is 2.00. The van der Waals surface area contributed by atoms with E-state index in [-0.39, 0.29) is 11.7 Å². The van der Waals surface area contributed by atoms with Gasteiger partial charge in [0.1, 0.15) is 5.82 Å². The van der Waals surface area contributed by atoms with E-state index in [1.807, 2.05) is 0 Å². The van der Waals surface area contributed by atoms with Crippen LogP contribution < -0.4 is 5.32 Å². The number of rotatable bonds is 2. The summed E-state index contributed by atoms with van der Waals surface area (Å²) < 4.78 is 13.0. The topological polar surface area (TPSA) is 42.0 Å². The van der Waals surface area contributed by atoms with E-state index in [2.05, 4.69) is 10.3 Å². The number of hydrogen-bond donors (Lipinski definition) is 1. The first-order valence-electron chi connectivity index (χ1n) is 5.15. The summed E-state index contributed by atoms with van der Waals surface area (Å²) in [7, 11) is 0. The molecule has 3 nitrogen and oxygen atoms in total. The molecule has 0 unspecified atom stereocenters. The molecule has 4 heteroatoms. The lowest BCUT2D eigenvalue weighted by Gasteiger charge is -2.04. The summed E-state index contributed by atoms with van der Waals surface area (Å²) in [5, 5.41) is 2.62. The van der Waals surface area contributed by atoms with Crippen molar-refractivity contribution in [2.45, 2.75) is 6.92 Å². The third kappa shape index (κ3) is 2.87. The molecule has 0 radical (unpaired) electrons. The highest BCUT2D eigenvalue weighted by Crippen LogP contribution is 2.19. The zero-order chi connectivity index (χ0) is 12.3. The van der Waals surface area contributed by atoms with E-state index in [4.69, 9.17) is 0 Å². The smallest absolute Gasteiger partial charge is 0.221 e. The number of pyridine rings is 1. The minimum Gasteiger partial charge on any atom is -0.325 e. The number of halogens is 1. The SMILES string of the molecule is CC(=O)Nc1ccc(-c2cccc(F)c2)nc1. The van der Waals surface area contributed by atoms with Crippen molar-refractivity contribution in [1.29, 1.82) is 0 Å². The molecule has 0 fully saturated rings. The van der Waals surface area contributed by atoms with E-state index >= 15 is 0 Å². The van der Waals surface area contributed by atoms with Gasteiger partial charge in [-0.1, -0.05) is 12.1 Å². The molecule has 0 aliphatic carbocycles. The highest BCUT2D eigenvalue weighted by molar-refractivity contribution is 5.88. The minimum absolute atomic E-state index is 0.148. The summed E-state index contributed by atoms with van der Waals surface area (Å²) in [6.45, 7) is 1.43. The van der Waals surface area contributed by atoms with Crippen molar-refractivity contribution in [2.24, 2.45) is 0 Å². The molecule has 0 saturated heterocycles.